The summed E-state index contributed by atoms with van der Waals surface area (Å²) in [5, 5.41) is 13.1. The molecule has 0 spiro atoms. The molecule has 0 saturated carbocycles. The minimum Gasteiger partial charge on any atom is -0.494 e. The second-order valence-electron chi connectivity index (χ2n) is 7.97. The lowest BCUT2D eigenvalue weighted by molar-refractivity contribution is -0.137. The summed E-state index contributed by atoms with van der Waals surface area (Å²) < 4.78 is 52.1. The van der Waals surface area contributed by atoms with E-state index in [1.807, 2.05) is 6.92 Å². The number of hydrogen-bond donors (Lipinski definition) is 1. The molecule has 1 aromatic heterocycles. The average molecular weight is 485 g/mol. The molecule has 1 aliphatic heterocycles. The van der Waals surface area contributed by atoms with Crippen LogP contribution in [0.4, 0.5) is 18.0 Å². The number of ether oxygens (including phenoxy) is 1. The third kappa shape index (κ3) is 5.57. The molecule has 1 aliphatic rings. The number of alkyl halides is 3. The summed E-state index contributed by atoms with van der Waals surface area (Å²) in [7, 11) is 0. The van der Waals surface area contributed by atoms with Crippen LogP contribution in [0.2, 0.25) is 0 Å². The van der Waals surface area contributed by atoms with E-state index in [4.69, 9.17) is 9.26 Å². The molecule has 0 aliphatic carbocycles. The zero-order chi connectivity index (χ0) is 25.0. The maximum absolute atomic E-state index is 13.8. The standard InChI is InChI=1S/C25H22F3N3O4/c1-2-14-34-19-11-6-16(7-12-19)5-8-17-9-10-18(15-20(17)25(26,27)28)22-29-23(35-30-22)21-4-3-13-31(21)24(32)33/h6-7,9-12,15,21H,2-4,13-14H2,1H3,(H,32,33)/t21-/m0/s1. The normalized spacial score (nSPS) is 15.5. The van der Waals surface area contributed by atoms with Gasteiger partial charge in [-0.2, -0.15) is 18.2 Å². The predicted octanol–water partition coefficient (Wildman–Crippen LogP) is 5.76. The summed E-state index contributed by atoms with van der Waals surface area (Å²) in [4.78, 5) is 16.7. The van der Waals surface area contributed by atoms with Crippen LogP contribution in [0.25, 0.3) is 11.4 Å². The number of likely N-dealkylation sites (tertiary alicyclic amines) is 1. The Kier molecular flexibility index (Phi) is 6.96. The number of carboxylic acid groups (broad SMARTS) is 1. The van der Waals surface area contributed by atoms with Gasteiger partial charge in [-0.15, -0.1) is 0 Å². The molecular weight excluding hydrogens is 463 g/mol. The van der Waals surface area contributed by atoms with Gasteiger partial charge in [0.2, 0.25) is 11.7 Å². The van der Waals surface area contributed by atoms with Crippen molar-refractivity contribution < 1.29 is 32.3 Å². The molecule has 7 nitrogen and oxygen atoms in total. The summed E-state index contributed by atoms with van der Waals surface area (Å²) in [6.07, 6.45) is -3.77. The minimum atomic E-state index is -4.66. The molecule has 0 unspecified atom stereocenters. The Morgan fingerprint density at radius 1 is 1.23 bits per heavy atom. The van der Waals surface area contributed by atoms with Crippen molar-refractivity contribution in [3.05, 3.63) is 65.0 Å². The molecule has 2 aromatic carbocycles. The SMILES string of the molecule is CCCOc1ccc(C#Cc2ccc(-c3noc([C@@H]4CCCN4C(=O)O)n3)cc2C(F)(F)F)cc1. The highest BCUT2D eigenvalue weighted by atomic mass is 19.4. The fourth-order valence-electron chi connectivity index (χ4n) is 3.76. The van der Waals surface area contributed by atoms with Gasteiger partial charge in [0, 0.05) is 23.2 Å². The van der Waals surface area contributed by atoms with E-state index >= 15 is 0 Å². The molecule has 10 heteroatoms. The molecule has 4 rings (SSSR count). The molecule has 1 saturated heterocycles. The maximum Gasteiger partial charge on any atom is 0.417 e. The van der Waals surface area contributed by atoms with Crippen molar-refractivity contribution in [2.45, 2.75) is 38.4 Å². The van der Waals surface area contributed by atoms with Gasteiger partial charge in [0.05, 0.1) is 12.2 Å². The molecule has 35 heavy (non-hydrogen) atoms. The minimum absolute atomic E-state index is 0.0510. The summed E-state index contributed by atoms with van der Waals surface area (Å²) in [6, 6.07) is 9.81. The smallest absolute Gasteiger partial charge is 0.417 e. The van der Waals surface area contributed by atoms with Crippen molar-refractivity contribution in [1.29, 1.82) is 0 Å². The van der Waals surface area contributed by atoms with Crippen LogP contribution in [0.15, 0.2) is 47.0 Å². The third-order valence-electron chi connectivity index (χ3n) is 5.48. The number of rotatable bonds is 5. The fourth-order valence-corrected chi connectivity index (χ4v) is 3.76. The lowest BCUT2D eigenvalue weighted by atomic mass is 10.0. The number of halogens is 3. The van der Waals surface area contributed by atoms with Crippen LogP contribution >= 0.6 is 0 Å². The quantitative estimate of drug-likeness (QED) is 0.463. The van der Waals surface area contributed by atoms with Crippen LogP contribution in [0.3, 0.4) is 0 Å². The zero-order valence-corrected chi connectivity index (χ0v) is 18.8. The number of benzene rings is 2. The second kappa shape index (κ2) is 10.1. The maximum atomic E-state index is 13.8. The van der Waals surface area contributed by atoms with Gasteiger partial charge in [-0.25, -0.2) is 4.79 Å². The molecule has 2 heterocycles. The van der Waals surface area contributed by atoms with Crippen molar-refractivity contribution in [3.63, 3.8) is 0 Å². The number of nitrogens with zero attached hydrogens (tertiary/aromatic N) is 3. The Labute approximate surface area is 199 Å². The van der Waals surface area contributed by atoms with Gasteiger partial charge in [0.15, 0.2) is 0 Å². The summed E-state index contributed by atoms with van der Waals surface area (Å²) >= 11 is 0. The van der Waals surface area contributed by atoms with Crippen molar-refractivity contribution in [1.82, 2.24) is 15.0 Å². The van der Waals surface area contributed by atoms with Gasteiger partial charge in [-0.05, 0) is 61.7 Å². The van der Waals surface area contributed by atoms with E-state index < -0.39 is 23.9 Å². The predicted molar refractivity (Wildman–Crippen MR) is 120 cm³/mol. The number of carbonyl (C=O) groups is 1. The van der Waals surface area contributed by atoms with Crippen LogP contribution in [-0.2, 0) is 6.18 Å². The van der Waals surface area contributed by atoms with Gasteiger partial charge >= 0.3 is 12.3 Å². The van der Waals surface area contributed by atoms with Crippen LogP contribution in [0.1, 0.15) is 54.8 Å². The first-order chi connectivity index (χ1) is 16.8. The number of aromatic nitrogens is 2. The number of amides is 1. The Balaban J connectivity index is 1.60. The summed E-state index contributed by atoms with van der Waals surface area (Å²) in [5.41, 5.74) is -0.475. The van der Waals surface area contributed by atoms with E-state index in [1.54, 1.807) is 24.3 Å². The third-order valence-corrected chi connectivity index (χ3v) is 5.48. The van der Waals surface area contributed by atoms with Crippen molar-refractivity contribution in [3.8, 4) is 29.0 Å². The lowest BCUT2D eigenvalue weighted by Crippen LogP contribution is -2.28. The molecule has 0 radical (unpaired) electrons. The molecule has 3 aromatic rings. The first-order valence-electron chi connectivity index (χ1n) is 11.1. The van der Waals surface area contributed by atoms with E-state index in [-0.39, 0.29) is 22.8 Å². The van der Waals surface area contributed by atoms with Gasteiger partial charge in [0.25, 0.3) is 0 Å². The van der Waals surface area contributed by atoms with Gasteiger partial charge in [-0.1, -0.05) is 23.9 Å². The monoisotopic (exact) mass is 485 g/mol. The van der Waals surface area contributed by atoms with Crippen LogP contribution in [0, 0.1) is 11.8 Å². The van der Waals surface area contributed by atoms with E-state index in [2.05, 4.69) is 22.0 Å². The molecular formula is C25H22F3N3O4. The van der Waals surface area contributed by atoms with Crippen LogP contribution in [-0.4, -0.2) is 39.4 Å². The van der Waals surface area contributed by atoms with Gasteiger partial charge in [-0.3, -0.25) is 4.90 Å². The first kappa shape index (κ1) is 24.1. The lowest BCUT2D eigenvalue weighted by Gasteiger charge is -2.17. The van der Waals surface area contributed by atoms with E-state index in [1.165, 1.54) is 17.0 Å². The fraction of sp³-hybridized carbons (Fsp3) is 0.320. The van der Waals surface area contributed by atoms with Crippen molar-refractivity contribution in [2.24, 2.45) is 0 Å². The average Bonchev–Trinajstić information content (AvgIpc) is 3.51. The molecule has 182 valence electrons. The highest BCUT2D eigenvalue weighted by Gasteiger charge is 2.35. The van der Waals surface area contributed by atoms with Crippen molar-refractivity contribution >= 4 is 6.09 Å². The van der Waals surface area contributed by atoms with Crippen LogP contribution in [0.5, 0.6) is 5.75 Å². The van der Waals surface area contributed by atoms with Gasteiger partial charge in [0.1, 0.15) is 11.8 Å². The Hall–Kier alpha value is -4.00. The molecule has 1 fully saturated rings. The Morgan fingerprint density at radius 3 is 2.69 bits per heavy atom. The second-order valence-corrected chi connectivity index (χ2v) is 7.97. The zero-order valence-electron chi connectivity index (χ0n) is 18.8. The van der Waals surface area contributed by atoms with Gasteiger partial charge < -0.3 is 14.4 Å². The highest BCUT2D eigenvalue weighted by molar-refractivity contribution is 5.66. The molecule has 1 amide bonds. The Morgan fingerprint density at radius 2 is 2.00 bits per heavy atom. The topological polar surface area (TPSA) is 88.7 Å². The molecule has 0 bridgehead atoms. The molecule has 1 N–H and O–H groups in total. The Bertz CT molecular complexity index is 1260. The summed E-state index contributed by atoms with van der Waals surface area (Å²) in [6.45, 7) is 2.90. The van der Waals surface area contributed by atoms with Crippen molar-refractivity contribution in [2.75, 3.05) is 13.2 Å². The molecule has 1 atom stereocenters. The van der Waals surface area contributed by atoms with Crippen LogP contribution < -0.4 is 4.74 Å². The van der Waals surface area contributed by atoms with E-state index in [0.29, 0.717) is 37.3 Å². The highest BCUT2D eigenvalue weighted by Crippen LogP contribution is 2.36. The number of hydrogen-bond acceptors (Lipinski definition) is 5. The van der Waals surface area contributed by atoms with E-state index in [9.17, 15) is 23.1 Å². The first-order valence-corrected chi connectivity index (χ1v) is 11.1. The summed E-state index contributed by atoms with van der Waals surface area (Å²) in [5.74, 6) is 6.03. The largest absolute Gasteiger partial charge is 0.494 e. The van der Waals surface area contributed by atoms with E-state index in [0.717, 1.165) is 12.5 Å².